The van der Waals surface area contributed by atoms with Crippen molar-refractivity contribution in [1.82, 2.24) is 30.2 Å². The molecule has 0 bridgehead atoms. The zero-order chi connectivity index (χ0) is 19.8. The monoisotopic (exact) mass is 390 g/mol. The quantitative estimate of drug-likeness (QED) is 0.575. The Morgan fingerprint density at radius 1 is 1.17 bits per heavy atom. The molecule has 0 radical (unpaired) electrons. The number of halogens is 1. The second kappa shape index (κ2) is 6.93. The van der Waals surface area contributed by atoms with Crippen molar-refractivity contribution in [3.63, 3.8) is 0 Å². The summed E-state index contributed by atoms with van der Waals surface area (Å²) < 4.78 is 18.4. The Morgan fingerprint density at radius 3 is 2.76 bits per heavy atom. The molecular weight excluding hydrogens is 375 g/mol. The molecule has 0 atom stereocenters. The first-order chi connectivity index (χ1) is 14.2. The van der Waals surface area contributed by atoms with Crippen LogP contribution in [0.5, 0.6) is 0 Å². The first-order valence-electron chi connectivity index (χ1n) is 9.02. The van der Waals surface area contributed by atoms with Crippen LogP contribution >= 0.6 is 0 Å². The fourth-order valence-corrected chi connectivity index (χ4v) is 3.18. The van der Waals surface area contributed by atoms with E-state index in [9.17, 15) is 9.18 Å². The molecule has 144 valence electrons. The standard InChI is InChI=1S/C20H15FN6O2/c21-15-5-3-12(4-6-15)16-8-17(25-24-16)20(28)27-10-14(11-27)19-23-18(26-29-19)13-2-1-7-22-9-13/h1-9,14H,10-11H2,(H,24,25). The highest BCUT2D eigenvalue weighted by Gasteiger charge is 2.36. The van der Waals surface area contributed by atoms with Crippen LogP contribution in [0.3, 0.4) is 0 Å². The summed E-state index contributed by atoms with van der Waals surface area (Å²) >= 11 is 0. The highest BCUT2D eigenvalue weighted by molar-refractivity contribution is 5.94. The number of benzene rings is 1. The number of H-pyrrole nitrogens is 1. The van der Waals surface area contributed by atoms with Crippen LogP contribution < -0.4 is 0 Å². The van der Waals surface area contributed by atoms with E-state index >= 15 is 0 Å². The van der Waals surface area contributed by atoms with E-state index in [2.05, 4.69) is 25.3 Å². The topological polar surface area (TPSA) is 101 Å². The van der Waals surface area contributed by atoms with Crippen molar-refractivity contribution < 1.29 is 13.7 Å². The first-order valence-corrected chi connectivity index (χ1v) is 9.02. The van der Waals surface area contributed by atoms with Crippen molar-refractivity contribution in [2.45, 2.75) is 5.92 Å². The normalized spacial score (nSPS) is 14.0. The number of carbonyl (C=O) groups excluding carboxylic acids is 1. The Kier molecular flexibility index (Phi) is 4.12. The van der Waals surface area contributed by atoms with Crippen LogP contribution in [0.25, 0.3) is 22.6 Å². The molecule has 0 unspecified atom stereocenters. The number of amides is 1. The van der Waals surface area contributed by atoms with Crippen LogP contribution in [-0.4, -0.2) is 49.2 Å². The van der Waals surface area contributed by atoms with Crippen LogP contribution in [0.4, 0.5) is 4.39 Å². The van der Waals surface area contributed by atoms with Gasteiger partial charge in [0.15, 0.2) is 0 Å². The number of aromatic amines is 1. The van der Waals surface area contributed by atoms with Gasteiger partial charge in [-0.3, -0.25) is 14.9 Å². The van der Waals surface area contributed by atoms with Gasteiger partial charge in [-0.25, -0.2) is 4.39 Å². The van der Waals surface area contributed by atoms with Crippen molar-refractivity contribution in [2.75, 3.05) is 13.1 Å². The van der Waals surface area contributed by atoms with Gasteiger partial charge in [0.1, 0.15) is 11.5 Å². The minimum absolute atomic E-state index is 0.00337. The lowest BCUT2D eigenvalue weighted by Gasteiger charge is -2.36. The maximum absolute atomic E-state index is 13.1. The summed E-state index contributed by atoms with van der Waals surface area (Å²) in [4.78, 5) is 22.8. The predicted octanol–water partition coefficient (Wildman–Crippen LogP) is 2.90. The maximum Gasteiger partial charge on any atom is 0.271 e. The minimum Gasteiger partial charge on any atom is -0.339 e. The molecule has 0 aliphatic carbocycles. The second-order valence-corrected chi connectivity index (χ2v) is 6.78. The fraction of sp³-hybridized carbons (Fsp3) is 0.150. The molecule has 0 saturated carbocycles. The van der Waals surface area contributed by atoms with Crippen molar-refractivity contribution in [3.8, 4) is 22.6 Å². The van der Waals surface area contributed by atoms with E-state index in [4.69, 9.17) is 4.52 Å². The smallest absolute Gasteiger partial charge is 0.271 e. The van der Waals surface area contributed by atoms with Gasteiger partial charge in [0.25, 0.3) is 5.91 Å². The van der Waals surface area contributed by atoms with Crippen molar-refractivity contribution in [2.24, 2.45) is 0 Å². The summed E-state index contributed by atoms with van der Waals surface area (Å²) in [6.07, 6.45) is 3.35. The molecule has 9 heteroatoms. The number of hydrogen-bond acceptors (Lipinski definition) is 6. The highest BCUT2D eigenvalue weighted by atomic mass is 19.1. The molecule has 1 saturated heterocycles. The second-order valence-electron chi connectivity index (χ2n) is 6.78. The Labute approximate surface area is 164 Å². The van der Waals surface area contributed by atoms with Crippen molar-refractivity contribution in [1.29, 1.82) is 0 Å². The van der Waals surface area contributed by atoms with E-state index in [1.165, 1.54) is 12.1 Å². The van der Waals surface area contributed by atoms with Gasteiger partial charge in [0, 0.05) is 36.6 Å². The van der Waals surface area contributed by atoms with Gasteiger partial charge in [0.2, 0.25) is 11.7 Å². The molecule has 4 heterocycles. The van der Waals surface area contributed by atoms with E-state index in [-0.39, 0.29) is 17.6 Å². The lowest BCUT2D eigenvalue weighted by molar-refractivity contribution is 0.0563. The van der Waals surface area contributed by atoms with E-state index in [0.717, 1.165) is 11.1 Å². The van der Waals surface area contributed by atoms with Crippen LogP contribution in [0.1, 0.15) is 22.3 Å². The number of aromatic nitrogens is 5. The molecule has 0 spiro atoms. The third-order valence-corrected chi connectivity index (χ3v) is 4.83. The zero-order valence-electron chi connectivity index (χ0n) is 15.1. The molecule has 1 aliphatic rings. The van der Waals surface area contributed by atoms with E-state index in [1.54, 1.807) is 41.6 Å². The zero-order valence-corrected chi connectivity index (χ0v) is 15.1. The average Bonchev–Trinajstić information content (AvgIpc) is 3.38. The Hall–Kier alpha value is -3.88. The van der Waals surface area contributed by atoms with Gasteiger partial charge in [-0.1, -0.05) is 5.16 Å². The van der Waals surface area contributed by atoms with Gasteiger partial charge in [-0.2, -0.15) is 10.1 Å². The molecular formula is C20H15FN6O2. The van der Waals surface area contributed by atoms with Gasteiger partial charge in [0.05, 0.1) is 11.6 Å². The maximum atomic E-state index is 13.1. The summed E-state index contributed by atoms with van der Waals surface area (Å²) in [5.41, 5.74) is 2.48. The summed E-state index contributed by atoms with van der Waals surface area (Å²) in [6.45, 7) is 0.969. The molecule has 1 amide bonds. The summed E-state index contributed by atoms with van der Waals surface area (Å²) in [7, 11) is 0. The molecule has 1 aromatic carbocycles. The Bertz CT molecular complexity index is 1150. The van der Waals surface area contributed by atoms with Crippen LogP contribution in [0.15, 0.2) is 59.4 Å². The van der Waals surface area contributed by atoms with Crippen LogP contribution in [-0.2, 0) is 0 Å². The number of nitrogens with one attached hydrogen (secondary N) is 1. The van der Waals surface area contributed by atoms with Crippen molar-refractivity contribution >= 4 is 5.91 Å². The molecule has 29 heavy (non-hydrogen) atoms. The predicted molar refractivity (Wildman–Crippen MR) is 100 cm³/mol. The summed E-state index contributed by atoms with van der Waals surface area (Å²) in [5, 5.41) is 10.9. The minimum atomic E-state index is -0.320. The van der Waals surface area contributed by atoms with E-state index in [1.807, 2.05) is 6.07 Å². The SMILES string of the molecule is O=C(c1cc(-c2ccc(F)cc2)n[nH]1)N1CC(c2nc(-c3cccnc3)no2)C1. The van der Waals surface area contributed by atoms with Crippen LogP contribution in [0.2, 0.25) is 0 Å². The average molecular weight is 390 g/mol. The summed E-state index contributed by atoms with van der Waals surface area (Å²) in [6, 6.07) is 11.3. The number of carbonyl (C=O) groups is 1. The molecule has 1 fully saturated rings. The molecule has 1 N–H and O–H groups in total. The molecule has 1 aliphatic heterocycles. The van der Waals surface area contributed by atoms with E-state index in [0.29, 0.717) is 36.2 Å². The van der Waals surface area contributed by atoms with Gasteiger partial charge >= 0.3 is 0 Å². The molecule has 4 aromatic rings. The van der Waals surface area contributed by atoms with Gasteiger partial charge < -0.3 is 9.42 Å². The Balaban J connectivity index is 1.24. The van der Waals surface area contributed by atoms with Crippen LogP contribution in [0, 0.1) is 5.82 Å². The third-order valence-electron chi connectivity index (χ3n) is 4.83. The lowest BCUT2D eigenvalue weighted by atomic mass is 9.99. The number of hydrogen-bond donors (Lipinski definition) is 1. The lowest BCUT2D eigenvalue weighted by Crippen LogP contribution is -2.48. The molecule has 3 aromatic heterocycles. The molecule has 5 rings (SSSR count). The third kappa shape index (κ3) is 3.27. The van der Waals surface area contributed by atoms with Gasteiger partial charge in [-0.15, -0.1) is 0 Å². The Morgan fingerprint density at radius 2 is 2.00 bits per heavy atom. The van der Waals surface area contributed by atoms with E-state index < -0.39 is 0 Å². The highest BCUT2D eigenvalue weighted by Crippen LogP contribution is 2.29. The fourth-order valence-electron chi connectivity index (χ4n) is 3.18. The summed E-state index contributed by atoms with van der Waals surface area (Å²) in [5.74, 6) is 0.505. The number of rotatable bonds is 4. The van der Waals surface area contributed by atoms with Gasteiger partial charge in [-0.05, 0) is 42.5 Å². The first kappa shape index (κ1) is 17.2. The molecule has 8 nitrogen and oxygen atoms in total. The largest absolute Gasteiger partial charge is 0.339 e. The van der Waals surface area contributed by atoms with Crippen molar-refractivity contribution in [3.05, 3.63) is 72.3 Å². The number of likely N-dealkylation sites (tertiary alicyclic amines) is 1. The number of nitrogens with zero attached hydrogens (tertiary/aromatic N) is 5. The number of pyridine rings is 1.